The van der Waals surface area contributed by atoms with Crippen LogP contribution in [0.15, 0.2) is 33.2 Å². The van der Waals surface area contributed by atoms with Crippen LogP contribution in [0.25, 0.3) is 11.3 Å². The van der Waals surface area contributed by atoms with Crippen molar-refractivity contribution in [3.8, 4) is 11.3 Å². The monoisotopic (exact) mass is 451 g/mol. The number of carbonyl (C=O) groups excluding carboxylic acids is 2. The molecule has 1 aromatic carbocycles. The zero-order valence-corrected chi connectivity index (χ0v) is 17.1. The number of halogens is 2. The molecule has 0 bridgehead atoms. The number of aromatic nitrogens is 3. The molecule has 1 saturated heterocycles. The molecule has 0 radical (unpaired) electrons. The lowest BCUT2D eigenvalue weighted by molar-refractivity contribution is -0.128. The largest absolute Gasteiger partial charge is 0.414 e. The van der Waals surface area contributed by atoms with E-state index in [1.807, 2.05) is 0 Å². The maximum absolute atomic E-state index is 13.4. The van der Waals surface area contributed by atoms with Gasteiger partial charge in [-0.3, -0.25) is 9.59 Å². The molecular formula is C18H15F2N5O3S2. The molecule has 1 aliphatic rings. The van der Waals surface area contributed by atoms with Crippen molar-refractivity contribution in [2.75, 3.05) is 17.6 Å². The highest BCUT2D eigenvalue weighted by Crippen LogP contribution is 2.26. The summed E-state index contributed by atoms with van der Waals surface area (Å²) >= 11 is 2.23. The van der Waals surface area contributed by atoms with Crippen LogP contribution in [0.2, 0.25) is 0 Å². The Morgan fingerprint density at radius 3 is 2.93 bits per heavy atom. The van der Waals surface area contributed by atoms with Crippen LogP contribution in [0.5, 0.6) is 0 Å². The molecule has 2 aromatic heterocycles. The maximum Gasteiger partial charge on any atom is 0.277 e. The number of nitrogens with one attached hydrogen (secondary N) is 1. The number of carbonyl (C=O) groups is 2. The first-order valence-electron chi connectivity index (χ1n) is 8.91. The van der Waals surface area contributed by atoms with E-state index in [0.717, 1.165) is 30.3 Å². The van der Waals surface area contributed by atoms with Gasteiger partial charge in [0, 0.05) is 23.9 Å². The number of anilines is 1. The number of rotatable bonds is 7. The Labute approximate surface area is 177 Å². The molecule has 3 aromatic rings. The Morgan fingerprint density at radius 2 is 2.17 bits per heavy atom. The van der Waals surface area contributed by atoms with Gasteiger partial charge in [-0.15, -0.1) is 21.5 Å². The van der Waals surface area contributed by atoms with Gasteiger partial charge in [0.1, 0.15) is 0 Å². The zero-order valence-electron chi connectivity index (χ0n) is 15.4. The summed E-state index contributed by atoms with van der Waals surface area (Å²) in [5.74, 6) is -1.83. The van der Waals surface area contributed by atoms with E-state index in [9.17, 15) is 18.4 Å². The molecule has 0 spiro atoms. The average Bonchev–Trinajstić information content (AvgIpc) is 3.45. The van der Waals surface area contributed by atoms with Crippen LogP contribution < -0.4 is 5.32 Å². The fraction of sp³-hybridized carbons (Fsp3) is 0.278. The van der Waals surface area contributed by atoms with Gasteiger partial charge in [-0.05, 0) is 24.6 Å². The highest BCUT2D eigenvalue weighted by atomic mass is 32.2. The predicted octanol–water partition coefficient (Wildman–Crippen LogP) is 3.32. The lowest BCUT2D eigenvalue weighted by Gasteiger charge is -2.11. The van der Waals surface area contributed by atoms with E-state index in [1.54, 1.807) is 10.3 Å². The predicted molar refractivity (Wildman–Crippen MR) is 106 cm³/mol. The van der Waals surface area contributed by atoms with Crippen molar-refractivity contribution in [2.45, 2.75) is 24.6 Å². The van der Waals surface area contributed by atoms with Crippen LogP contribution in [-0.2, 0) is 16.1 Å². The molecule has 0 atom stereocenters. The van der Waals surface area contributed by atoms with Crippen molar-refractivity contribution in [3.05, 3.63) is 41.1 Å². The van der Waals surface area contributed by atoms with Gasteiger partial charge in [0.05, 0.1) is 18.0 Å². The second-order valence-electron chi connectivity index (χ2n) is 6.38. The Balaban J connectivity index is 1.29. The molecule has 0 aliphatic carbocycles. The van der Waals surface area contributed by atoms with Crippen molar-refractivity contribution in [1.29, 1.82) is 0 Å². The van der Waals surface area contributed by atoms with Crippen LogP contribution in [-0.4, -0.2) is 44.2 Å². The van der Waals surface area contributed by atoms with Crippen molar-refractivity contribution in [1.82, 2.24) is 20.1 Å². The molecule has 1 fully saturated rings. The molecular weight excluding hydrogens is 436 g/mol. The maximum atomic E-state index is 13.4. The highest BCUT2D eigenvalue weighted by molar-refractivity contribution is 7.99. The minimum atomic E-state index is -0.962. The quantitative estimate of drug-likeness (QED) is 0.550. The van der Waals surface area contributed by atoms with Crippen molar-refractivity contribution in [3.63, 3.8) is 0 Å². The zero-order chi connectivity index (χ0) is 21.1. The normalized spacial score (nSPS) is 13.8. The summed E-state index contributed by atoms with van der Waals surface area (Å²) in [6.07, 6.45) is 1.35. The van der Waals surface area contributed by atoms with Gasteiger partial charge in [-0.2, -0.15) is 0 Å². The van der Waals surface area contributed by atoms with Gasteiger partial charge in [0.2, 0.25) is 17.7 Å². The summed E-state index contributed by atoms with van der Waals surface area (Å²) in [5.41, 5.74) is 0.842. The molecule has 0 unspecified atom stereocenters. The minimum Gasteiger partial charge on any atom is -0.414 e. The Bertz CT molecular complexity index is 1090. The SMILES string of the molecule is O=C(CSc1nnc(CN2CCCC2=O)o1)Nc1nc(-c2ccc(F)c(F)c2)cs1. The van der Waals surface area contributed by atoms with Gasteiger partial charge < -0.3 is 14.6 Å². The summed E-state index contributed by atoms with van der Waals surface area (Å²) in [5, 5.41) is 12.6. The first-order chi connectivity index (χ1) is 14.5. The van der Waals surface area contributed by atoms with E-state index in [0.29, 0.717) is 35.2 Å². The van der Waals surface area contributed by atoms with Crippen LogP contribution >= 0.6 is 23.1 Å². The van der Waals surface area contributed by atoms with E-state index < -0.39 is 11.6 Å². The van der Waals surface area contributed by atoms with Crippen LogP contribution in [0.1, 0.15) is 18.7 Å². The van der Waals surface area contributed by atoms with Gasteiger partial charge >= 0.3 is 0 Å². The van der Waals surface area contributed by atoms with Gasteiger partial charge in [0.15, 0.2) is 16.8 Å². The smallest absolute Gasteiger partial charge is 0.277 e. The number of thioether (sulfide) groups is 1. The van der Waals surface area contributed by atoms with E-state index in [2.05, 4.69) is 20.5 Å². The third-order valence-electron chi connectivity index (χ3n) is 4.24. The highest BCUT2D eigenvalue weighted by Gasteiger charge is 2.22. The molecule has 3 heterocycles. The number of nitrogens with zero attached hydrogens (tertiary/aromatic N) is 4. The van der Waals surface area contributed by atoms with Crippen LogP contribution in [0.3, 0.4) is 0 Å². The minimum absolute atomic E-state index is 0.0182. The summed E-state index contributed by atoms with van der Waals surface area (Å²) in [6, 6.07) is 3.49. The number of hydrogen-bond donors (Lipinski definition) is 1. The number of thiazole rings is 1. The molecule has 4 rings (SSSR count). The number of likely N-dealkylation sites (tertiary alicyclic amines) is 1. The molecule has 2 amide bonds. The fourth-order valence-corrected chi connectivity index (χ4v) is 4.11. The Hall–Kier alpha value is -2.86. The van der Waals surface area contributed by atoms with E-state index in [-0.39, 0.29) is 29.3 Å². The second kappa shape index (κ2) is 8.88. The van der Waals surface area contributed by atoms with E-state index in [1.165, 1.54) is 17.4 Å². The summed E-state index contributed by atoms with van der Waals surface area (Å²) in [6.45, 7) is 0.941. The molecule has 1 aliphatic heterocycles. The van der Waals surface area contributed by atoms with E-state index in [4.69, 9.17) is 4.42 Å². The molecule has 12 heteroatoms. The number of amides is 2. The Morgan fingerprint density at radius 1 is 1.30 bits per heavy atom. The van der Waals surface area contributed by atoms with Gasteiger partial charge in [-0.1, -0.05) is 11.8 Å². The topological polar surface area (TPSA) is 101 Å². The fourth-order valence-electron chi connectivity index (χ4n) is 2.80. The van der Waals surface area contributed by atoms with Crippen molar-refractivity contribution in [2.24, 2.45) is 0 Å². The third kappa shape index (κ3) is 4.82. The summed E-state index contributed by atoms with van der Waals surface area (Å²) in [4.78, 5) is 29.6. The van der Waals surface area contributed by atoms with Crippen molar-refractivity contribution >= 4 is 40.0 Å². The first-order valence-corrected chi connectivity index (χ1v) is 10.8. The molecule has 30 heavy (non-hydrogen) atoms. The van der Waals surface area contributed by atoms with Gasteiger partial charge in [-0.25, -0.2) is 13.8 Å². The summed E-state index contributed by atoms with van der Waals surface area (Å²) in [7, 11) is 0. The van der Waals surface area contributed by atoms with E-state index >= 15 is 0 Å². The molecule has 1 N–H and O–H groups in total. The number of benzene rings is 1. The Kier molecular flexibility index (Phi) is 6.04. The lowest BCUT2D eigenvalue weighted by atomic mass is 10.2. The molecule has 8 nitrogen and oxygen atoms in total. The first kappa shape index (κ1) is 20.4. The number of hydrogen-bond acceptors (Lipinski definition) is 8. The molecule has 0 saturated carbocycles. The van der Waals surface area contributed by atoms with Crippen molar-refractivity contribution < 1.29 is 22.8 Å². The second-order valence-corrected chi connectivity index (χ2v) is 8.17. The standard InChI is InChI=1S/C18H15F2N5O3S2/c19-11-4-3-10(6-12(11)20)13-8-29-17(21-13)22-14(26)9-30-18-24-23-15(28-18)7-25-5-1-2-16(25)27/h3-4,6,8H,1-2,5,7,9H2,(H,21,22,26). The third-order valence-corrected chi connectivity index (χ3v) is 5.81. The lowest BCUT2D eigenvalue weighted by Crippen LogP contribution is -2.23. The van der Waals surface area contributed by atoms with Gasteiger partial charge in [0.25, 0.3) is 5.22 Å². The van der Waals surface area contributed by atoms with Crippen LogP contribution in [0, 0.1) is 11.6 Å². The summed E-state index contributed by atoms with van der Waals surface area (Å²) < 4.78 is 31.9. The molecule has 156 valence electrons. The average molecular weight is 451 g/mol. The van der Waals surface area contributed by atoms with Crippen LogP contribution in [0.4, 0.5) is 13.9 Å².